The molecule has 4 aromatic rings. The van der Waals surface area contributed by atoms with Crippen molar-refractivity contribution in [1.82, 2.24) is 15.0 Å². The number of hydrogen-bond acceptors (Lipinski definition) is 7. The number of H-pyrrole nitrogens is 1. The van der Waals surface area contributed by atoms with Crippen molar-refractivity contribution in [2.75, 3.05) is 13.2 Å². The fraction of sp³-hybridized carbons (Fsp3) is 0.250. The standard InChI is InChI=1S/C24H18ClF2N3O5/c25-14-7-16-23(30-24(28-16)35-18-9-34-21-17(31)8-33-22(18)21)29-19(14)11-3-1-10(2-4-11)13-5-12(26)6-15(27)20(13)32/h1-7,17-18,21-22,31-32H,8-9H2,(H,28,29,30)/t17-,18?,21?,22?/m0/s1. The number of ether oxygens (including phenoxy) is 3. The van der Waals surface area contributed by atoms with E-state index in [2.05, 4.69) is 15.0 Å². The van der Waals surface area contributed by atoms with E-state index in [1.807, 2.05) is 0 Å². The topological polar surface area (TPSA) is 110 Å². The number of pyridine rings is 1. The van der Waals surface area contributed by atoms with Crippen LogP contribution in [0, 0.1) is 11.6 Å². The molecule has 2 aromatic carbocycles. The summed E-state index contributed by atoms with van der Waals surface area (Å²) in [5, 5.41) is 20.2. The van der Waals surface area contributed by atoms with Gasteiger partial charge in [-0.2, -0.15) is 4.98 Å². The lowest BCUT2D eigenvalue weighted by Crippen LogP contribution is -2.34. The Bertz CT molecular complexity index is 1430. The molecular formula is C24H18ClF2N3O5. The third kappa shape index (κ3) is 3.88. The summed E-state index contributed by atoms with van der Waals surface area (Å²) in [4.78, 5) is 12.0. The van der Waals surface area contributed by atoms with Crippen molar-refractivity contribution in [2.45, 2.75) is 24.4 Å². The summed E-state index contributed by atoms with van der Waals surface area (Å²) < 4.78 is 44.4. The molecule has 0 radical (unpaired) electrons. The van der Waals surface area contributed by atoms with E-state index in [1.54, 1.807) is 30.3 Å². The lowest BCUT2D eigenvalue weighted by Gasteiger charge is -2.15. The molecule has 3 unspecified atom stereocenters. The van der Waals surface area contributed by atoms with Crippen molar-refractivity contribution in [2.24, 2.45) is 0 Å². The molecule has 6 rings (SSSR count). The zero-order valence-corrected chi connectivity index (χ0v) is 18.7. The summed E-state index contributed by atoms with van der Waals surface area (Å²) in [6.45, 7) is 0.461. The summed E-state index contributed by atoms with van der Waals surface area (Å²) in [5.74, 6) is -2.45. The number of fused-ring (bicyclic) bond motifs is 2. The summed E-state index contributed by atoms with van der Waals surface area (Å²) in [6, 6.07) is 10.2. The van der Waals surface area contributed by atoms with Gasteiger partial charge in [-0.05, 0) is 17.7 Å². The third-order valence-corrected chi connectivity index (χ3v) is 6.44. The van der Waals surface area contributed by atoms with Crippen molar-refractivity contribution in [3.63, 3.8) is 0 Å². The molecular weight excluding hydrogens is 484 g/mol. The van der Waals surface area contributed by atoms with Crippen molar-refractivity contribution < 1.29 is 33.2 Å². The highest BCUT2D eigenvalue weighted by atomic mass is 35.5. The number of rotatable bonds is 4. The van der Waals surface area contributed by atoms with E-state index in [9.17, 15) is 19.0 Å². The third-order valence-electron chi connectivity index (χ3n) is 6.15. The lowest BCUT2D eigenvalue weighted by atomic mass is 10.0. The number of nitrogens with zero attached hydrogens (tertiary/aromatic N) is 2. The number of phenols is 1. The van der Waals surface area contributed by atoms with E-state index < -0.39 is 35.7 Å². The molecule has 0 amide bonds. The van der Waals surface area contributed by atoms with Crippen LogP contribution in [0.25, 0.3) is 33.5 Å². The molecule has 0 spiro atoms. The summed E-state index contributed by atoms with van der Waals surface area (Å²) in [5.41, 5.74) is 2.49. The minimum atomic E-state index is -1.04. The highest BCUT2D eigenvalue weighted by molar-refractivity contribution is 6.33. The number of benzene rings is 2. The second-order valence-corrected chi connectivity index (χ2v) is 8.82. The average Bonchev–Trinajstić information content (AvgIpc) is 3.52. The van der Waals surface area contributed by atoms with Crippen molar-refractivity contribution in [3.05, 3.63) is 59.1 Å². The molecule has 8 nitrogen and oxygen atoms in total. The maximum Gasteiger partial charge on any atom is 0.296 e. The number of halogens is 3. The molecule has 2 fully saturated rings. The van der Waals surface area contributed by atoms with Crippen LogP contribution in [0.4, 0.5) is 8.78 Å². The van der Waals surface area contributed by atoms with Crippen molar-refractivity contribution in [1.29, 1.82) is 0 Å². The van der Waals surface area contributed by atoms with Crippen LogP contribution in [0.1, 0.15) is 0 Å². The highest BCUT2D eigenvalue weighted by Gasteiger charge is 2.48. The molecule has 4 atom stereocenters. The van der Waals surface area contributed by atoms with Crippen LogP contribution in [0.5, 0.6) is 11.8 Å². The van der Waals surface area contributed by atoms with Gasteiger partial charge in [0, 0.05) is 17.2 Å². The van der Waals surface area contributed by atoms with Crippen LogP contribution >= 0.6 is 11.6 Å². The summed E-state index contributed by atoms with van der Waals surface area (Å²) >= 11 is 6.47. The molecule has 2 aliphatic rings. The number of imidazole rings is 1. The molecule has 0 aliphatic carbocycles. The predicted octanol–water partition coefficient (Wildman–Crippen LogP) is 3.84. The van der Waals surface area contributed by atoms with Gasteiger partial charge in [0.05, 0.1) is 29.4 Å². The number of nitrogens with one attached hydrogen (secondary N) is 1. The second kappa shape index (κ2) is 8.42. The maximum atomic E-state index is 13.7. The summed E-state index contributed by atoms with van der Waals surface area (Å²) in [7, 11) is 0. The number of aromatic hydroxyl groups is 1. The Morgan fingerprint density at radius 3 is 2.54 bits per heavy atom. The molecule has 0 bridgehead atoms. The van der Waals surface area contributed by atoms with E-state index in [4.69, 9.17) is 25.8 Å². The number of aromatic nitrogens is 3. The molecule has 3 N–H and O–H groups in total. The minimum Gasteiger partial charge on any atom is -0.504 e. The van der Waals surface area contributed by atoms with Gasteiger partial charge in [0.15, 0.2) is 23.3 Å². The predicted molar refractivity (Wildman–Crippen MR) is 121 cm³/mol. The maximum absolute atomic E-state index is 13.7. The van der Waals surface area contributed by atoms with Gasteiger partial charge >= 0.3 is 0 Å². The van der Waals surface area contributed by atoms with Gasteiger partial charge in [0.1, 0.15) is 24.1 Å². The van der Waals surface area contributed by atoms with Gasteiger partial charge in [-0.15, -0.1) is 0 Å². The van der Waals surface area contributed by atoms with Gasteiger partial charge in [0.25, 0.3) is 6.01 Å². The van der Waals surface area contributed by atoms with Crippen LogP contribution < -0.4 is 4.74 Å². The van der Waals surface area contributed by atoms with Crippen molar-refractivity contribution in [3.8, 4) is 34.1 Å². The zero-order chi connectivity index (χ0) is 24.3. The molecule has 2 aliphatic heterocycles. The molecule has 4 heterocycles. The van der Waals surface area contributed by atoms with Crippen LogP contribution in [-0.2, 0) is 9.47 Å². The van der Waals surface area contributed by atoms with E-state index in [0.717, 1.165) is 6.07 Å². The Balaban J connectivity index is 1.27. The lowest BCUT2D eigenvalue weighted by molar-refractivity contribution is 0.00706. The Morgan fingerprint density at radius 1 is 1.00 bits per heavy atom. The average molecular weight is 502 g/mol. The Labute approximate surface area is 202 Å². The summed E-state index contributed by atoms with van der Waals surface area (Å²) in [6.07, 6.45) is -1.90. The molecule has 35 heavy (non-hydrogen) atoms. The van der Waals surface area contributed by atoms with Crippen LogP contribution in [0.3, 0.4) is 0 Å². The molecule has 0 saturated carbocycles. The zero-order valence-electron chi connectivity index (χ0n) is 17.9. The number of aliphatic hydroxyl groups excluding tert-OH is 1. The van der Waals surface area contributed by atoms with Crippen LogP contribution in [-0.4, -0.2) is 62.8 Å². The number of aliphatic hydroxyl groups is 1. The normalized spacial score (nSPS) is 23.7. The van der Waals surface area contributed by atoms with Gasteiger partial charge in [-0.1, -0.05) is 35.9 Å². The first kappa shape index (κ1) is 22.2. The van der Waals surface area contributed by atoms with E-state index >= 15 is 0 Å². The van der Waals surface area contributed by atoms with Crippen molar-refractivity contribution >= 4 is 22.8 Å². The Hall–Kier alpha value is -3.31. The minimum absolute atomic E-state index is 0.0366. The monoisotopic (exact) mass is 501 g/mol. The fourth-order valence-corrected chi connectivity index (χ4v) is 4.70. The molecule has 11 heteroatoms. The van der Waals surface area contributed by atoms with Gasteiger partial charge in [-0.25, -0.2) is 13.8 Å². The molecule has 2 aromatic heterocycles. The SMILES string of the molecule is Oc1c(F)cc(F)cc1-c1ccc(-c2nc3nc(OC4COC5C4OC[C@@H]5O)[nH]c3cc2Cl)cc1. The smallest absolute Gasteiger partial charge is 0.296 e. The fourth-order valence-electron chi connectivity index (χ4n) is 4.44. The first-order valence-corrected chi connectivity index (χ1v) is 11.2. The molecule has 180 valence electrons. The first-order chi connectivity index (χ1) is 16.9. The van der Waals surface area contributed by atoms with Crippen LogP contribution in [0.2, 0.25) is 5.02 Å². The van der Waals surface area contributed by atoms with Gasteiger partial charge in [0.2, 0.25) is 0 Å². The molecule has 2 saturated heterocycles. The van der Waals surface area contributed by atoms with Gasteiger partial charge in [-0.3, -0.25) is 0 Å². The Kier molecular flexibility index (Phi) is 5.33. The first-order valence-electron chi connectivity index (χ1n) is 10.8. The largest absolute Gasteiger partial charge is 0.504 e. The quantitative estimate of drug-likeness (QED) is 0.390. The van der Waals surface area contributed by atoms with Gasteiger partial charge < -0.3 is 29.4 Å². The van der Waals surface area contributed by atoms with E-state index in [0.29, 0.717) is 39.1 Å². The van der Waals surface area contributed by atoms with Crippen LogP contribution in [0.15, 0.2) is 42.5 Å². The number of aromatic amines is 1. The Morgan fingerprint density at radius 2 is 1.74 bits per heavy atom. The van der Waals surface area contributed by atoms with E-state index in [-0.39, 0.29) is 30.9 Å². The highest BCUT2D eigenvalue weighted by Crippen LogP contribution is 2.35. The second-order valence-electron chi connectivity index (χ2n) is 8.41. The number of hydrogen-bond donors (Lipinski definition) is 3. The number of phenolic OH excluding ortho intramolecular Hbond substituents is 1. The van der Waals surface area contributed by atoms with E-state index in [1.165, 1.54) is 0 Å².